The van der Waals surface area contributed by atoms with Gasteiger partial charge in [-0.2, -0.15) is 0 Å². The molecule has 0 radical (unpaired) electrons. The highest BCUT2D eigenvalue weighted by molar-refractivity contribution is 5.75. The Labute approximate surface area is 107 Å². The quantitative estimate of drug-likeness (QED) is 0.763. The zero-order chi connectivity index (χ0) is 13.0. The predicted molar refractivity (Wildman–Crippen MR) is 68.2 cm³/mol. The first-order chi connectivity index (χ1) is 8.72. The Hall–Kier alpha value is -1.39. The molecule has 18 heavy (non-hydrogen) atoms. The Bertz CT molecular complexity index is 393. The van der Waals surface area contributed by atoms with Crippen LogP contribution in [0.5, 0.6) is 0 Å². The summed E-state index contributed by atoms with van der Waals surface area (Å²) in [4.78, 5) is 13.7. The van der Waals surface area contributed by atoms with E-state index in [4.69, 9.17) is 9.47 Å². The molecule has 0 aliphatic carbocycles. The summed E-state index contributed by atoms with van der Waals surface area (Å²) in [6, 6.07) is 9.88. The molecular weight excluding hydrogens is 230 g/mol. The fraction of sp³-hybridized carbons (Fsp3) is 0.500. The molecule has 1 heterocycles. The molecule has 2 atom stereocenters. The molecule has 0 spiro atoms. The van der Waals surface area contributed by atoms with E-state index in [1.54, 1.807) is 0 Å². The minimum atomic E-state index is -0.217. The molecule has 1 aromatic carbocycles. The summed E-state index contributed by atoms with van der Waals surface area (Å²) in [7, 11) is 1.42. The molecule has 0 saturated carbocycles. The van der Waals surface area contributed by atoms with E-state index in [9.17, 15) is 4.79 Å². The SMILES string of the molecule is COC(=O)[C@H](C)N1CCO[C@@H](c2ccccc2)C1. The van der Waals surface area contributed by atoms with Crippen molar-refractivity contribution in [3.8, 4) is 0 Å². The van der Waals surface area contributed by atoms with E-state index in [0.717, 1.165) is 18.7 Å². The summed E-state index contributed by atoms with van der Waals surface area (Å²) in [6.45, 7) is 4.00. The zero-order valence-electron chi connectivity index (χ0n) is 10.8. The number of morpholine rings is 1. The fourth-order valence-corrected chi connectivity index (χ4v) is 2.21. The number of benzene rings is 1. The number of ether oxygens (including phenoxy) is 2. The molecule has 1 fully saturated rings. The van der Waals surface area contributed by atoms with Gasteiger partial charge < -0.3 is 9.47 Å². The maximum Gasteiger partial charge on any atom is 0.322 e. The first-order valence-electron chi connectivity index (χ1n) is 6.21. The number of hydrogen-bond donors (Lipinski definition) is 0. The molecule has 1 saturated heterocycles. The van der Waals surface area contributed by atoms with Crippen LogP contribution in [0.1, 0.15) is 18.6 Å². The van der Waals surface area contributed by atoms with E-state index >= 15 is 0 Å². The summed E-state index contributed by atoms with van der Waals surface area (Å²) in [5, 5.41) is 0. The van der Waals surface area contributed by atoms with Gasteiger partial charge in [-0.05, 0) is 12.5 Å². The van der Waals surface area contributed by atoms with Crippen LogP contribution in [0.2, 0.25) is 0 Å². The lowest BCUT2D eigenvalue weighted by Crippen LogP contribution is -2.47. The van der Waals surface area contributed by atoms with Crippen molar-refractivity contribution in [1.29, 1.82) is 0 Å². The Morgan fingerprint density at radius 2 is 2.17 bits per heavy atom. The highest BCUT2D eigenvalue weighted by Crippen LogP contribution is 2.23. The monoisotopic (exact) mass is 249 g/mol. The first-order valence-corrected chi connectivity index (χ1v) is 6.21. The van der Waals surface area contributed by atoms with Crippen LogP contribution in [-0.2, 0) is 14.3 Å². The van der Waals surface area contributed by atoms with Gasteiger partial charge in [0.05, 0.1) is 19.8 Å². The third-order valence-corrected chi connectivity index (χ3v) is 3.36. The second-order valence-electron chi connectivity index (χ2n) is 4.46. The van der Waals surface area contributed by atoms with Gasteiger partial charge in [0.2, 0.25) is 0 Å². The van der Waals surface area contributed by atoms with Crippen LogP contribution in [0.25, 0.3) is 0 Å². The number of methoxy groups -OCH3 is 1. The van der Waals surface area contributed by atoms with Crippen molar-refractivity contribution in [3.05, 3.63) is 35.9 Å². The second-order valence-corrected chi connectivity index (χ2v) is 4.46. The van der Waals surface area contributed by atoms with Crippen LogP contribution < -0.4 is 0 Å². The van der Waals surface area contributed by atoms with E-state index in [1.165, 1.54) is 7.11 Å². The molecule has 1 aliphatic rings. The number of carbonyl (C=O) groups excluding carboxylic acids is 1. The Morgan fingerprint density at radius 1 is 1.44 bits per heavy atom. The average Bonchev–Trinajstić information content (AvgIpc) is 2.46. The Morgan fingerprint density at radius 3 is 2.83 bits per heavy atom. The van der Waals surface area contributed by atoms with Crippen LogP contribution in [0.15, 0.2) is 30.3 Å². The van der Waals surface area contributed by atoms with Gasteiger partial charge in [0.1, 0.15) is 6.04 Å². The van der Waals surface area contributed by atoms with E-state index in [1.807, 2.05) is 25.1 Å². The fourth-order valence-electron chi connectivity index (χ4n) is 2.21. The molecular formula is C14H19NO3. The predicted octanol–water partition coefficient (Wildman–Crippen LogP) is 1.62. The lowest BCUT2D eigenvalue weighted by atomic mass is 10.1. The summed E-state index contributed by atoms with van der Waals surface area (Å²) in [5.74, 6) is -0.191. The lowest BCUT2D eigenvalue weighted by molar-refractivity contribution is -0.149. The van der Waals surface area contributed by atoms with E-state index in [2.05, 4.69) is 17.0 Å². The van der Waals surface area contributed by atoms with Gasteiger partial charge in [0.15, 0.2) is 0 Å². The van der Waals surface area contributed by atoms with Gasteiger partial charge in [0, 0.05) is 13.1 Å². The standard InChI is InChI=1S/C14H19NO3/c1-11(14(16)17-2)15-8-9-18-13(10-15)12-6-4-3-5-7-12/h3-7,11,13H,8-10H2,1-2H3/t11-,13+/m0/s1. The summed E-state index contributed by atoms with van der Waals surface area (Å²) >= 11 is 0. The van der Waals surface area contributed by atoms with E-state index < -0.39 is 0 Å². The number of esters is 1. The molecule has 0 unspecified atom stereocenters. The maximum absolute atomic E-state index is 11.5. The molecule has 0 bridgehead atoms. The van der Waals surface area contributed by atoms with Gasteiger partial charge in [-0.3, -0.25) is 9.69 Å². The molecule has 1 aromatic rings. The molecule has 4 nitrogen and oxygen atoms in total. The molecule has 0 N–H and O–H groups in total. The van der Waals surface area contributed by atoms with Crippen LogP contribution in [-0.4, -0.2) is 43.7 Å². The summed E-state index contributed by atoms with van der Waals surface area (Å²) in [6.07, 6.45) is 0.0343. The lowest BCUT2D eigenvalue weighted by Gasteiger charge is -2.35. The average molecular weight is 249 g/mol. The van der Waals surface area contributed by atoms with Gasteiger partial charge in [0.25, 0.3) is 0 Å². The van der Waals surface area contributed by atoms with Crippen molar-refractivity contribution < 1.29 is 14.3 Å². The Kier molecular flexibility index (Phi) is 4.33. The second kappa shape index (κ2) is 5.98. The van der Waals surface area contributed by atoms with Gasteiger partial charge >= 0.3 is 5.97 Å². The molecule has 0 amide bonds. The third-order valence-electron chi connectivity index (χ3n) is 3.36. The normalized spacial score (nSPS) is 22.4. The van der Waals surface area contributed by atoms with Crippen molar-refractivity contribution in [3.63, 3.8) is 0 Å². The summed E-state index contributed by atoms with van der Waals surface area (Å²) in [5.41, 5.74) is 1.15. The molecule has 4 heteroatoms. The Balaban J connectivity index is 2.03. The van der Waals surface area contributed by atoms with Crippen LogP contribution in [0.4, 0.5) is 0 Å². The van der Waals surface area contributed by atoms with E-state index in [0.29, 0.717) is 6.61 Å². The molecule has 98 valence electrons. The van der Waals surface area contributed by atoms with Gasteiger partial charge in [-0.15, -0.1) is 0 Å². The number of carbonyl (C=O) groups is 1. The van der Waals surface area contributed by atoms with Crippen molar-refractivity contribution in [2.24, 2.45) is 0 Å². The molecule has 0 aromatic heterocycles. The smallest absolute Gasteiger partial charge is 0.322 e. The minimum Gasteiger partial charge on any atom is -0.468 e. The minimum absolute atomic E-state index is 0.0343. The summed E-state index contributed by atoms with van der Waals surface area (Å²) < 4.78 is 10.5. The van der Waals surface area contributed by atoms with Crippen molar-refractivity contribution in [1.82, 2.24) is 4.90 Å². The van der Waals surface area contributed by atoms with E-state index in [-0.39, 0.29) is 18.1 Å². The molecule has 1 aliphatic heterocycles. The van der Waals surface area contributed by atoms with Crippen LogP contribution in [0, 0.1) is 0 Å². The van der Waals surface area contributed by atoms with Crippen molar-refractivity contribution in [2.75, 3.05) is 26.8 Å². The number of hydrogen-bond acceptors (Lipinski definition) is 4. The zero-order valence-corrected chi connectivity index (χ0v) is 10.8. The number of nitrogens with zero attached hydrogens (tertiary/aromatic N) is 1. The van der Waals surface area contributed by atoms with Gasteiger partial charge in [-0.1, -0.05) is 30.3 Å². The first kappa shape index (κ1) is 13.1. The van der Waals surface area contributed by atoms with Crippen LogP contribution >= 0.6 is 0 Å². The highest BCUT2D eigenvalue weighted by Gasteiger charge is 2.28. The van der Waals surface area contributed by atoms with Gasteiger partial charge in [-0.25, -0.2) is 0 Å². The highest BCUT2D eigenvalue weighted by atomic mass is 16.5. The maximum atomic E-state index is 11.5. The third kappa shape index (κ3) is 2.89. The molecule has 2 rings (SSSR count). The van der Waals surface area contributed by atoms with Crippen molar-refractivity contribution >= 4 is 5.97 Å². The topological polar surface area (TPSA) is 38.8 Å². The van der Waals surface area contributed by atoms with Crippen LogP contribution in [0.3, 0.4) is 0 Å². The number of rotatable bonds is 3. The van der Waals surface area contributed by atoms with Crippen molar-refractivity contribution in [2.45, 2.75) is 19.1 Å². The largest absolute Gasteiger partial charge is 0.468 e.